The van der Waals surface area contributed by atoms with Crippen LogP contribution in [0, 0.1) is 11.3 Å². The fourth-order valence-corrected chi connectivity index (χ4v) is 3.33. The van der Waals surface area contributed by atoms with Gasteiger partial charge in [-0.25, -0.2) is 0 Å². The van der Waals surface area contributed by atoms with Crippen LogP contribution < -0.4 is 19.1 Å². The summed E-state index contributed by atoms with van der Waals surface area (Å²) in [5.41, 5.74) is 1.16. The van der Waals surface area contributed by atoms with Crippen molar-refractivity contribution in [3.05, 3.63) is 29.3 Å². The van der Waals surface area contributed by atoms with Crippen molar-refractivity contribution in [1.82, 2.24) is 4.98 Å². The van der Waals surface area contributed by atoms with Crippen molar-refractivity contribution in [2.75, 3.05) is 39.3 Å². The first kappa shape index (κ1) is 19.6. The highest BCUT2D eigenvalue weighted by molar-refractivity contribution is 5.71. The van der Waals surface area contributed by atoms with E-state index in [-0.39, 0.29) is 0 Å². The highest BCUT2D eigenvalue weighted by Crippen LogP contribution is 2.38. The maximum atomic E-state index is 9.44. The Morgan fingerprint density at radius 1 is 1.00 bits per heavy atom. The normalized spacial score (nSPS) is 14.6. The summed E-state index contributed by atoms with van der Waals surface area (Å²) < 4.78 is 22.0. The van der Waals surface area contributed by atoms with E-state index in [1.165, 1.54) is 12.8 Å². The maximum Gasteiger partial charge on any atom is 0.235 e. The lowest BCUT2D eigenvalue weighted by molar-refractivity contribution is 0.324. The van der Waals surface area contributed by atoms with Crippen LogP contribution in [-0.4, -0.2) is 39.4 Å². The highest BCUT2D eigenvalue weighted by atomic mass is 16.5. The highest BCUT2D eigenvalue weighted by Gasteiger charge is 2.20. The third-order valence-corrected chi connectivity index (χ3v) is 4.73. The lowest BCUT2D eigenvalue weighted by Gasteiger charge is -2.18. The van der Waals surface area contributed by atoms with Crippen molar-refractivity contribution >= 4 is 18.0 Å². The lowest BCUT2D eigenvalue weighted by Crippen LogP contribution is -2.24. The molecule has 1 saturated heterocycles. The van der Waals surface area contributed by atoms with Crippen LogP contribution in [0.2, 0.25) is 0 Å². The Labute approximate surface area is 165 Å². The van der Waals surface area contributed by atoms with Gasteiger partial charge in [0.05, 0.1) is 21.3 Å². The van der Waals surface area contributed by atoms with Gasteiger partial charge in [0.1, 0.15) is 6.07 Å². The van der Waals surface area contributed by atoms with Gasteiger partial charge in [0, 0.05) is 19.2 Å². The smallest absolute Gasteiger partial charge is 0.235 e. The molecular weight excluding hydrogens is 358 g/mol. The van der Waals surface area contributed by atoms with Crippen LogP contribution in [-0.2, 0) is 0 Å². The number of anilines is 1. The van der Waals surface area contributed by atoms with Gasteiger partial charge >= 0.3 is 0 Å². The molecule has 0 N–H and O–H groups in total. The van der Waals surface area contributed by atoms with Crippen LogP contribution in [0.3, 0.4) is 0 Å². The van der Waals surface area contributed by atoms with Gasteiger partial charge in [0.25, 0.3) is 0 Å². The Balaban J connectivity index is 1.87. The predicted octanol–water partition coefficient (Wildman–Crippen LogP) is 4.12. The van der Waals surface area contributed by atoms with Crippen molar-refractivity contribution in [1.29, 1.82) is 5.26 Å². The number of hydrogen-bond donors (Lipinski definition) is 0. The van der Waals surface area contributed by atoms with Gasteiger partial charge in [-0.3, -0.25) is 0 Å². The summed E-state index contributed by atoms with van der Waals surface area (Å²) in [6.45, 7) is 1.78. The molecule has 0 radical (unpaired) electrons. The summed E-state index contributed by atoms with van der Waals surface area (Å²) >= 11 is 0. The number of aromatic nitrogens is 1. The average molecular weight is 383 g/mol. The van der Waals surface area contributed by atoms with Gasteiger partial charge in [0.15, 0.2) is 11.5 Å². The van der Waals surface area contributed by atoms with E-state index in [9.17, 15) is 5.26 Å². The van der Waals surface area contributed by atoms with E-state index in [1.807, 2.05) is 18.2 Å². The first-order valence-corrected chi connectivity index (χ1v) is 9.34. The van der Waals surface area contributed by atoms with Gasteiger partial charge in [0.2, 0.25) is 23.2 Å². The standard InChI is InChI=1S/C21H25N3O4/c1-25-17-12-15(13-18(26-2)20(17)27-3)8-9-19-23-16(14-22)21(28-19)24-10-6-4-5-7-11-24/h8-9,12-13H,4-7,10-11H2,1-3H3/b9-8+. The Morgan fingerprint density at radius 2 is 1.64 bits per heavy atom. The van der Waals surface area contributed by atoms with Crippen molar-refractivity contribution in [3.8, 4) is 23.3 Å². The van der Waals surface area contributed by atoms with E-state index >= 15 is 0 Å². The molecule has 28 heavy (non-hydrogen) atoms. The van der Waals surface area contributed by atoms with E-state index in [4.69, 9.17) is 18.6 Å². The summed E-state index contributed by atoms with van der Waals surface area (Å²) in [6.07, 6.45) is 8.19. The number of methoxy groups -OCH3 is 3. The zero-order valence-electron chi connectivity index (χ0n) is 16.5. The van der Waals surface area contributed by atoms with Gasteiger partial charge in [-0.1, -0.05) is 12.8 Å². The molecule has 0 amide bonds. The minimum Gasteiger partial charge on any atom is -0.493 e. The molecule has 7 nitrogen and oxygen atoms in total. The van der Waals surface area contributed by atoms with E-state index in [0.29, 0.717) is 34.7 Å². The Bertz CT molecular complexity index is 849. The molecule has 2 aromatic rings. The monoisotopic (exact) mass is 383 g/mol. The number of oxazole rings is 1. The summed E-state index contributed by atoms with van der Waals surface area (Å²) in [4.78, 5) is 6.45. The third-order valence-electron chi connectivity index (χ3n) is 4.73. The van der Waals surface area contributed by atoms with Crippen LogP contribution in [0.1, 0.15) is 42.8 Å². The number of hydrogen-bond acceptors (Lipinski definition) is 7. The van der Waals surface area contributed by atoms with E-state index in [2.05, 4.69) is 16.0 Å². The predicted molar refractivity (Wildman–Crippen MR) is 107 cm³/mol. The maximum absolute atomic E-state index is 9.44. The van der Waals surface area contributed by atoms with E-state index in [0.717, 1.165) is 31.5 Å². The van der Waals surface area contributed by atoms with Gasteiger partial charge < -0.3 is 23.5 Å². The van der Waals surface area contributed by atoms with Crippen molar-refractivity contribution < 1.29 is 18.6 Å². The van der Waals surface area contributed by atoms with E-state index in [1.54, 1.807) is 27.4 Å². The Kier molecular flexibility index (Phi) is 6.43. The van der Waals surface area contributed by atoms with Gasteiger partial charge in [-0.05, 0) is 36.6 Å². The Hall–Kier alpha value is -3.14. The van der Waals surface area contributed by atoms with Crippen LogP contribution in [0.4, 0.5) is 5.88 Å². The van der Waals surface area contributed by atoms with Crippen molar-refractivity contribution in [2.24, 2.45) is 0 Å². The molecule has 0 aliphatic carbocycles. The summed E-state index contributed by atoms with van der Waals surface area (Å²) in [7, 11) is 4.72. The number of rotatable bonds is 6. The van der Waals surface area contributed by atoms with Crippen LogP contribution in [0.25, 0.3) is 12.2 Å². The molecule has 1 aliphatic heterocycles. The molecule has 148 valence electrons. The van der Waals surface area contributed by atoms with Crippen molar-refractivity contribution in [3.63, 3.8) is 0 Å². The van der Waals surface area contributed by atoms with E-state index < -0.39 is 0 Å². The minimum absolute atomic E-state index is 0.325. The topological polar surface area (TPSA) is 80.8 Å². The zero-order chi connectivity index (χ0) is 19.9. The summed E-state index contributed by atoms with van der Waals surface area (Å²) in [5, 5.41) is 9.44. The fourth-order valence-electron chi connectivity index (χ4n) is 3.33. The molecule has 0 spiro atoms. The molecule has 1 aromatic carbocycles. The molecule has 2 heterocycles. The molecule has 7 heteroatoms. The quantitative estimate of drug-likeness (QED) is 0.742. The zero-order valence-corrected chi connectivity index (χ0v) is 16.5. The summed E-state index contributed by atoms with van der Waals surface area (Å²) in [6, 6.07) is 5.82. The second kappa shape index (κ2) is 9.18. The molecular formula is C21H25N3O4. The molecule has 0 saturated carbocycles. The lowest BCUT2D eigenvalue weighted by atomic mass is 10.1. The SMILES string of the molecule is COc1cc(/C=C/c2nc(C#N)c(N3CCCCCC3)o2)cc(OC)c1OC. The van der Waals surface area contributed by atoms with Crippen LogP contribution in [0.15, 0.2) is 16.5 Å². The first-order chi connectivity index (χ1) is 13.7. The fraction of sp³-hybridized carbons (Fsp3) is 0.429. The number of nitriles is 1. The average Bonchev–Trinajstić information content (AvgIpc) is 2.95. The molecule has 3 rings (SSSR count). The molecule has 1 fully saturated rings. The van der Waals surface area contributed by atoms with Crippen LogP contribution in [0.5, 0.6) is 17.2 Å². The Morgan fingerprint density at radius 3 is 2.18 bits per heavy atom. The second-order valence-electron chi connectivity index (χ2n) is 6.51. The third kappa shape index (κ3) is 4.22. The first-order valence-electron chi connectivity index (χ1n) is 9.34. The molecule has 1 aliphatic rings. The second-order valence-corrected chi connectivity index (χ2v) is 6.51. The molecule has 0 atom stereocenters. The largest absolute Gasteiger partial charge is 0.493 e. The minimum atomic E-state index is 0.325. The number of benzene rings is 1. The number of nitrogens with zero attached hydrogens (tertiary/aromatic N) is 3. The van der Waals surface area contributed by atoms with Gasteiger partial charge in [-0.2, -0.15) is 10.2 Å². The number of ether oxygens (including phenoxy) is 3. The van der Waals surface area contributed by atoms with Crippen molar-refractivity contribution in [2.45, 2.75) is 25.7 Å². The van der Waals surface area contributed by atoms with Crippen LogP contribution >= 0.6 is 0 Å². The molecule has 1 aromatic heterocycles. The molecule has 0 unspecified atom stereocenters. The summed E-state index contributed by atoms with van der Waals surface area (Å²) in [5.74, 6) is 2.63. The molecule has 0 bridgehead atoms. The van der Waals surface area contributed by atoms with Gasteiger partial charge in [-0.15, -0.1) is 0 Å².